The number of halogens is 4. The predicted molar refractivity (Wildman–Crippen MR) is 163 cm³/mol. The zero-order valence-electron chi connectivity index (χ0n) is 23.8. The molecule has 0 aliphatic carbocycles. The Kier molecular flexibility index (Phi) is 9.79. The topological polar surface area (TPSA) is 114 Å². The number of ether oxygens (including phenoxy) is 1. The first-order chi connectivity index (χ1) is 20.3. The zero-order valence-corrected chi connectivity index (χ0v) is 25.3. The monoisotopic (exact) mass is 633 g/mol. The van der Waals surface area contributed by atoms with E-state index in [0.29, 0.717) is 23.7 Å². The quantitative estimate of drug-likeness (QED) is 0.221. The first-order valence-electron chi connectivity index (χ1n) is 13.3. The van der Waals surface area contributed by atoms with Gasteiger partial charge in [-0.05, 0) is 60.2 Å². The van der Waals surface area contributed by atoms with Gasteiger partial charge in [-0.1, -0.05) is 41.9 Å². The summed E-state index contributed by atoms with van der Waals surface area (Å²) < 4.78 is 35.4. The van der Waals surface area contributed by atoms with Gasteiger partial charge in [0.25, 0.3) is 5.91 Å². The van der Waals surface area contributed by atoms with Crippen molar-refractivity contribution in [2.24, 2.45) is 5.92 Å². The molecule has 2 aromatic carbocycles. The Morgan fingerprint density at radius 3 is 2.53 bits per heavy atom. The fourth-order valence-electron chi connectivity index (χ4n) is 5.16. The van der Waals surface area contributed by atoms with Crippen LogP contribution in [-0.2, 0) is 9.53 Å². The molecule has 3 N–H and O–H groups in total. The second-order valence-electron chi connectivity index (χ2n) is 10.3. The molecule has 43 heavy (non-hydrogen) atoms. The van der Waals surface area contributed by atoms with Gasteiger partial charge in [0.1, 0.15) is 28.3 Å². The van der Waals surface area contributed by atoms with Crippen molar-refractivity contribution in [2.45, 2.75) is 25.9 Å². The average Bonchev–Trinajstić information content (AvgIpc) is 3.34. The van der Waals surface area contributed by atoms with E-state index in [-0.39, 0.29) is 47.4 Å². The number of likely N-dealkylation sites (tertiary alicyclic amines) is 1. The first kappa shape index (κ1) is 32.0. The summed E-state index contributed by atoms with van der Waals surface area (Å²) in [6.45, 7) is 6.35. The molecular weight excluding hydrogens is 603 g/mol. The number of methoxy groups -OCH3 is 1. The molecule has 228 valence electrons. The van der Waals surface area contributed by atoms with Gasteiger partial charge in [-0.15, -0.1) is 0 Å². The van der Waals surface area contributed by atoms with Crippen molar-refractivity contribution in [3.05, 3.63) is 87.6 Å². The number of aromatic nitrogens is 2. The molecule has 0 radical (unpaired) electrons. The number of nitrogens with two attached hydrogens (primary N) is 1. The molecule has 1 aliphatic heterocycles. The Balaban J connectivity index is 1.74. The fraction of sp³-hybridized carbons (Fsp3) is 0.300. The Bertz CT molecular complexity index is 1570. The van der Waals surface area contributed by atoms with Crippen molar-refractivity contribution in [1.82, 2.24) is 14.7 Å². The number of nitrogens with zero attached hydrogens (tertiary/aromatic N) is 4. The molecule has 2 heterocycles. The maximum atomic E-state index is 14.3. The number of rotatable bonds is 9. The van der Waals surface area contributed by atoms with Gasteiger partial charge >= 0.3 is 5.97 Å². The van der Waals surface area contributed by atoms with E-state index in [2.05, 4.69) is 11.7 Å². The minimum atomic E-state index is -0.948. The predicted octanol–water partition coefficient (Wildman–Crippen LogP) is 5.96. The summed E-state index contributed by atoms with van der Waals surface area (Å²) in [7, 11) is 3.19. The molecular formula is C30H31Cl2F2N5O4. The van der Waals surface area contributed by atoms with Gasteiger partial charge in [-0.25, -0.2) is 13.5 Å². The molecule has 1 fully saturated rings. The fourth-order valence-corrected chi connectivity index (χ4v) is 5.62. The second-order valence-corrected chi connectivity index (χ2v) is 11.1. The Morgan fingerprint density at radius 1 is 1.26 bits per heavy atom. The first-order valence-corrected chi connectivity index (χ1v) is 14.0. The Labute approximate surface area is 257 Å². The van der Waals surface area contributed by atoms with Gasteiger partial charge in [-0.2, -0.15) is 5.10 Å². The molecule has 1 saturated heterocycles. The number of carboxylic acid groups (broad SMARTS) is 1. The van der Waals surface area contributed by atoms with Crippen LogP contribution in [0.4, 0.5) is 20.3 Å². The number of aryl methyl sites for hydroxylation is 1. The number of hydrogen-bond acceptors (Lipinski definition) is 6. The number of carbonyl (C=O) groups is 2. The van der Waals surface area contributed by atoms with E-state index in [0.717, 1.165) is 17.7 Å². The summed E-state index contributed by atoms with van der Waals surface area (Å²) in [5.74, 6) is -3.10. The number of aliphatic carboxylic acids is 1. The maximum Gasteiger partial charge on any atom is 0.303 e. The van der Waals surface area contributed by atoms with Crippen LogP contribution in [-0.4, -0.2) is 65.0 Å². The van der Waals surface area contributed by atoms with Crippen LogP contribution in [0.2, 0.25) is 10.0 Å². The SMILES string of the molecule is C=C(/C=C(/N(C)c1c(C)cccc1Cl)n1nc(C(=O)N2CC[C@@H](CC(=O)O)[C@@H](OC)C2)cc1N)c1cc(F)c(Cl)c(F)c1. The lowest BCUT2D eigenvalue weighted by Gasteiger charge is -2.36. The highest BCUT2D eigenvalue weighted by Gasteiger charge is 2.34. The van der Waals surface area contributed by atoms with E-state index in [1.807, 2.05) is 13.0 Å². The van der Waals surface area contributed by atoms with E-state index in [1.165, 1.54) is 23.9 Å². The molecule has 1 aromatic heterocycles. The number of para-hydroxylation sites is 1. The van der Waals surface area contributed by atoms with Crippen molar-refractivity contribution < 1.29 is 28.2 Å². The molecule has 0 bridgehead atoms. The standard InChI is InChI=1S/C30H31Cl2F2N5O4/c1-16-6-5-7-20(31)29(16)37(3)26(10-17(2)19-11-21(33)28(32)22(34)12-19)39-25(35)14-23(36-39)30(42)38-9-8-18(13-27(40)41)24(15-38)43-4/h5-7,10-12,14,18,24H,2,8-9,13,15,35H2,1,3-4H3,(H,40,41)/b26-10-/t18-,24-/m0/s1. The normalized spacial score (nSPS) is 17.2. The molecule has 1 aliphatic rings. The smallest absolute Gasteiger partial charge is 0.303 e. The van der Waals surface area contributed by atoms with Gasteiger partial charge in [-0.3, -0.25) is 9.59 Å². The highest BCUT2D eigenvalue weighted by molar-refractivity contribution is 6.33. The third kappa shape index (κ3) is 6.84. The molecule has 0 spiro atoms. The van der Waals surface area contributed by atoms with Gasteiger partial charge in [0.15, 0.2) is 5.69 Å². The van der Waals surface area contributed by atoms with Crippen LogP contribution in [0.3, 0.4) is 0 Å². The van der Waals surface area contributed by atoms with Gasteiger partial charge in [0.05, 0.1) is 23.2 Å². The Morgan fingerprint density at radius 2 is 1.93 bits per heavy atom. The highest BCUT2D eigenvalue weighted by atomic mass is 35.5. The number of amides is 1. The van der Waals surface area contributed by atoms with Crippen LogP contribution in [0.25, 0.3) is 11.4 Å². The number of allylic oxidation sites excluding steroid dienone is 2. The van der Waals surface area contributed by atoms with Crippen LogP contribution < -0.4 is 10.6 Å². The van der Waals surface area contributed by atoms with Crippen LogP contribution in [0.5, 0.6) is 0 Å². The molecule has 1 amide bonds. The van der Waals surface area contributed by atoms with E-state index >= 15 is 0 Å². The molecule has 4 rings (SSSR count). The zero-order chi connectivity index (χ0) is 31.6. The van der Waals surface area contributed by atoms with E-state index < -0.39 is 34.6 Å². The van der Waals surface area contributed by atoms with Crippen LogP contribution in [0, 0.1) is 24.5 Å². The summed E-state index contributed by atoms with van der Waals surface area (Å²) >= 11 is 12.2. The lowest BCUT2D eigenvalue weighted by atomic mass is 9.90. The lowest BCUT2D eigenvalue weighted by molar-refractivity contribution is -0.140. The van der Waals surface area contributed by atoms with Crippen LogP contribution in [0.1, 0.15) is 34.5 Å². The van der Waals surface area contributed by atoms with Gasteiger partial charge in [0, 0.05) is 33.3 Å². The van der Waals surface area contributed by atoms with Crippen LogP contribution in [0.15, 0.2) is 49.1 Å². The summed E-state index contributed by atoms with van der Waals surface area (Å²) in [5, 5.41) is 13.5. The summed E-state index contributed by atoms with van der Waals surface area (Å²) in [4.78, 5) is 28.0. The third-order valence-electron chi connectivity index (χ3n) is 7.42. The summed E-state index contributed by atoms with van der Waals surface area (Å²) in [6, 6.07) is 8.89. The third-order valence-corrected chi connectivity index (χ3v) is 8.09. The number of benzene rings is 2. The molecule has 2 atom stereocenters. The van der Waals surface area contributed by atoms with Crippen molar-refractivity contribution in [1.29, 1.82) is 0 Å². The van der Waals surface area contributed by atoms with Crippen molar-refractivity contribution in [3.8, 4) is 0 Å². The van der Waals surface area contributed by atoms with Crippen LogP contribution >= 0.6 is 23.2 Å². The highest BCUT2D eigenvalue weighted by Crippen LogP contribution is 2.35. The van der Waals surface area contributed by atoms with E-state index in [1.54, 1.807) is 29.0 Å². The average molecular weight is 635 g/mol. The number of carboxylic acids is 1. The molecule has 3 aromatic rings. The number of nitrogen functional groups attached to an aromatic ring is 1. The number of piperidine rings is 1. The Hall–Kier alpha value is -3.93. The van der Waals surface area contributed by atoms with E-state index in [9.17, 15) is 23.5 Å². The van der Waals surface area contributed by atoms with Crippen molar-refractivity contribution in [2.75, 3.05) is 37.9 Å². The minimum absolute atomic E-state index is 0.0356. The number of hydrogen-bond donors (Lipinski definition) is 2. The second kappa shape index (κ2) is 13.2. The van der Waals surface area contributed by atoms with Gasteiger partial charge < -0.3 is 25.4 Å². The summed E-state index contributed by atoms with van der Waals surface area (Å²) in [5.41, 5.74) is 8.16. The molecule has 0 saturated carbocycles. The molecule has 9 nitrogen and oxygen atoms in total. The lowest BCUT2D eigenvalue weighted by Crippen LogP contribution is -2.48. The number of anilines is 2. The maximum absolute atomic E-state index is 14.3. The van der Waals surface area contributed by atoms with Gasteiger partial charge in [0.2, 0.25) is 0 Å². The van der Waals surface area contributed by atoms with E-state index in [4.69, 9.17) is 33.7 Å². The van der Waals surface area contributed by atoms with Crippen molar-refractivity contribution in [3.63, 3.8) is 0 Å². The van der Waals surface area contributed by atoms with Crippen molar-refractivity contribution >= 4 is 58.0 Å². The molecule has 0 unspecified atom stereocenters. The largest absolute Gasteiger partial charge is 0.481 e. The number of carbonyl (C=O) groups excluding carboxylic acids is 1. The molecule has 13 heteroatoms. The minimum Gasteiger partial charge on any atom is -0.481 e. The summed E-state index contributed by atoms with van der Waals surface area (Å²) in [6.07, 6.45) is 1.44.